The number of methoxy groups -OCH3 is 1. The normalized spacial score (nSPS) is 11.0. The summed E-state index contributed by atoms with van der Waals surface area (Å²) < 4.78 is 34.1. The van der Waals surface area contributed by atoms with Gasteiger partial charge in [-0.2, -0.15) is 0 Å². The Balaban J connectivity index is 1.72. The summed E-state index contributed by atoms with van der Waals surface area (Å²) in [6.45, 7) is 0.275. The van der Waals surface area contributed by atoms with Gasteiger partial charge in [-0.05, 0) is 54.1 Å². The van der Waals surface area contributed by atoms with Gasteiger partial charge in [0.1, 0.15) is 5.75 Å². The molecule has 8 heteroatoms. The lowest BCUT2D eigenvalue weighted by molar-refractivity contribution is 0.0951. The number of hydrogen-bond donors (Lipinski definition) is 1. The van der Waals surface area contributed by atoms with Gasteiger partial charge in [0.05, 0.1) is 42.0 Å². The molecule has 3 aromatic carbocycles. The first-order chi connectivity index (χ1) is 17.0. The summed E-state index contributed by atoms with van der Waals surface area (Å²) in [5.41, 5.74) is 2.01. The average molecular weight is 488 g/mol. The number of rotatable bonds is 9. The molecule has 0 saturated carbocycles. The van der Waals surface area contributed by atoms with Crippen molar-refractivity contribution in [3.8, 4) is 5.75 Å². The molecule has 0 unspecified atom stereocenters. The van der Waals surface area contributed by atoms with E-state index in [0.717, 1.165) is 5.56 Å². The van der Waals surface area contributed by atoms with E-state index in [1.54, 1.807) is 48.7 Å². The van der Waals surface area contributed by atoms with Crippen LogP contribution in [0.15, 0.2) is 108 Å². The van der Waals surface area contributed by atoms with Gasteiger partial charge >= 0.3 is 0 Å². The van der Waals surface area contributed by atoms with Crippen molar-refractivity contribution in [2.24, 2.45) is 0 Å². The van der Waals surface area contributed by atoms with Crippen LogP contribution < -0.4 is 14.4 Å². The van der Waals surface area contributed by atoms with E-state index in [9.17, 15) is 13.2 Å². The number of nitrogens with one attached hydrogen (secondary N) is 1. The lowest BCUT2D eigenvalue weighted by Gasteiger charge is -2.26. The molecule has 35 heavy (non-hydrogen) atoms. The number of nitrogens with zero attached hydrogens (tertiary/aromatic N) is 2. The molecule has 1 aromatic heterocycles. The van der Waals surface area contributed by atoms with Gasteiger partial charge in [0.2, 0.25) is 0 Å². The zero-order chi connectivity index (χ0) is 24.7. The second-order valence-electron chi connectivity index (χ2n) is 7.69. The summed E-state index contributed by atoms with van der Waals surface area (Å²) in [7, 11) is -2.50. The topological polar surface area (TPSA) is 88.6 Å². The molecule has 7 nitrogen and oxygen atoms in total. The van der Waals surface area contributed by atoms with Gasteiger partial charge in [0, 0.05) is 6.20 Å². The van der Waals surface area contributed by atoms with Crippen LogP contribution in [-0.4, -0.2) is 26.4 Å². The molecule has 4 aromatic rings. The Bertz CT molecular complexity index is 1380. The zero-order valence-corrected chi connectivity index (χ0v) is 20.0. The average Bonchev–Trinajstić information content (AvgIpc) is 2.91. The Kier molecular flexibility index (Phi) is 7.42. The van der Waals surface area contributed by atoms with E-state index in [2.05, 4.69) is 10.3 Å². The number of para-hydroxylation sites is 1. The summed E-state index contributed by atoms with van der Waals surface area (Å²) >= 11 is 0. The van der Waals surface area contributed by atoms with Crippen molar-refractivity contribution >= 4 is 21.6 Å². The molecular weight excluding hydrogens is 462 g/mol. The number of aromatic nitrogens is 1. The second kappa shape index (κ2) is 10.8. The van der Waals surface area contributed by atoms with E-state index in [4.69, 9.17) is 4.74 Å². The van der Waals surface area contributed by atoms with Crippen LogP contribution in [0.25, 0.3) is 0 Å². The maximum Gasteiger partial charge on any atom is 0.264 e. The highest BCUT2D eigenvalue weighted by atomic mass is 32.2. The number of benzene rings is 3. The highest BCUT2D eigenvalue weighted by Gasteiger charge is 2.28. The first kappa shape index (κ1) is 24.0. The summed E-state index contributed by atoms with van der Waals surface area (Å²) in [6, 6.07) is 27.6. The lowest BCUT2D eigenvalue weighted by atomic mass is 10.1. The van der Waals surface area contributed by atoms with Crippen LogP contribution in [0.3, 0.4) is 0 Å². The Labute approximate surface area is 205 Å². The molecule has 0 aliphatic carbocycles. The molecule has 1 N–H and O–H groups in total. The minimum Gasteiger partial charge on any atom is -0.497 e. The van der Waals surface area contributed by atoms with Crippen molar-refractivity contribution in [2.75, 3.05) is 11.4 Å². The summed E-state index contributed by atoms with van der Waals surface area (Å²) in [5.74, 6) is 0.155. The van der Waals surface area contributed by atoms with Crippen LogP contribution in [-0.2, 0) is 23.1 Å². The molecule has 4 rings (SSSR count). The number of pyridine rings is 1. The first-order valence-corrected chi connectivity index (χ1v) is 12.4. The molecule has 178 valence electrons. The van der Waals surface area contributed by atoms with Crippen LogP contribution in [0.1, 0.15) is 21.6 Å². The highest BCUT2D eigenvalue weighted by Crippen LogP contribution is 2.30. The smallest absolute Gasteiger partial charge is 0.264 e. The number of hydrogen-bond acceptors (Lipinski definition) is 5. The van der Waals surface area contributed by atoms with E-state index < -0.39 is 15.9 Å². The minimum atomic E-state index is -4.01. The molecule has 0 bridgehead atoms. The Morgan fingerprint density at radius 3 is 2.26 bits per heavy atom. The van der Waals surface area contributed by atoms with E-state index >= 15 is 0 Å². The molecular formula is C27H25N3O4S. The summed E-state index contributed by atoms with van der Waals surface area (Å²) in [5, 5.41) is 2.84. The van der Waals surface area contributed by atoms with Gasteiger partial charge in [0.25, 0.3) is 15.9 Å². The molecule has 0 fully saturated rings. The highest BCUT2D eigenvalue weighted by molar-refractivity contribution is 7.92. The predicted octanol–water partition coefficient (Wildman–Crippen LogP) is 4.42. The van der Waals surface area contributed by atoms with Gasteiger partial charge in [0.15, 0.2) is 0 Å². The zero-order valence-electron chi connectivity index (χ0n) is 19.2. The fourth-order valence-corrected chi connectivity index (χ4v) is 5.05. The van der Waals surface area contributed by atoms with Crippen LogP contribution in [0.5, 0.6) is 5.75 Å². The number of carbonyl (C=O) groups is 1. The fourth-order valence-electron chi connectivity index (χ4n) is 3.58. The van der Waals surface area contributed by atoms with Crippen LogP contribution in [0, 0.1) is 0 Å². The van der Waals surface area contributed by atoms with Gasteiger partial charge < -0.3 is 10.1 Å². The summed E-state index contributed by atoms with van der Waals surface area (Å²) in [4.78, 5) is 17.5. The maximum absolute atomic E-state index is 13.8. The third kappa shape index (κ3) is 5.67. The van der Waals surface area contributed by atoms with Gasteiger partial charge in [-0.15, -0.1) is 0 Å². The Morgan fingerprint density at radius 2 is 1.57 bits per heavy atom. The van der Waals surface area contributed by atoms with Crippen LogP contribution in [0.2, 0.25) is 0 Å². The van der Waals surface area contributed by atoms with Crippen molar-refractivity contribution < 1.29 is 17.9 Å². The molecule has 0 atom stereocenters. The Hall–Kier alpha value is -4.17. The van der Waals surface area contributed by atoms with Crippen molar-refractivity contribution in [2.45, 2.75) is 18.0 Å². The van der Waals surface area contributed by atoms with Crippen molar-refractivity contribution in [1.82, 2.24) is 10.3 Å². The van der Waals surface area contributed by atoms with E-state index in [-0.39, 0.29) is 29.2 Å². The number of ether oxygens (including phenoxy) is 1. The Morgan fingerprint density at radius 1 is 0.886 bits per heavy atom. The third-order valence-corrected chi connectivity index (χ3v) is 7.16. The number of sulfonamides is 1. The molecule has 1 heterocycles. The van der Waals surface area contributed by atoms with Gasteiger partial charge in [-0.1, -0.05) is 48.5 Å². The van der Waals surface area contributed by atoms with Gasteiger partial charge in [-0.3, -0.25) is 14.1 Å². The predicted molar refractivity (Wildman–Crippen MR) is 135 cm³/mol. The molecule has 0 saturated heterocycles. The van der Waals surface area contributed by atoms with Gasteiger partial charge in [-0.25, -0.2) is 8.42 Å². The molecule has 0 aliphatic heterocycles. The SMILES string of the molecule is COc1ccc(S(=O)(=O)N(Cc2ccccc2)c2ccccc2C(=O)NCc2ccccn2)cc1. The van der Waals surface area contributed by atoms with Crippen LogP contribution in [0.4, 0.5) is 5.69 Å². The number of carbonyl (C=O) groups excluding carboxylic acids is 1. The second-order valence-corrected chi connectivity index (χ2v) is 9.56. The molecule has 0 aliphatic rings. The molecule has 0 spiro atoms. The first-order valence-electron chi connectivity index (χ1n) is 11.0. The van der Waals surface area contributed by atoms with E-state index in [1.165, 1.54) is 23.5 Å². The van der Waals surface area contributed by atoms with Crippen LogP contribution >= 0.6 is 0 Å². The third-order valence-electron chi connectivity index (χ3n) is 5.39. The van der Waals surface area contributed by atoms with Crippen molar-refractivity contribution in [1.29, 1.82) is 0 Å². The number of amides is 1. The molecule has 0 radical (unpaired) electrons. The van der Waals surface area contributed by atoms with E-state index in [1.807, 2.05) is 42.5 Å². The lowest BCUT2D eigenvalue weighted by Crippen LogP contribution is -2.33. The summed E-state index contributed by atoms with van der Waals surface area (Å²) in [6.07, 6.45) is 1.65. The largest absolute Gasteiger partial charge is 0.497 e. The quantitative estimate of drug-likeness (QED) is 0.378. The molecule has 1 amide bonds. The van der Waals surface area contributed by atoms with Crippen molar-refractivity contribution in [3.63, 3.8) is 0 Å². The number of anilines is 1. The van der Waals surface area contributed by atoms with E-state index in [0.29, 0.717) is 11.4 Å². The maximum atomic E-state index is 13.8. The van der Waals surface area contributed by atoms with Crippen molar-refractivity contribution in [3.05, 3.63) is 120 Å². The standard InChI is InChI=1S/C27H25N3O4S/c1-34-23-14-16-24(17-15-23)35(32,33)30(20-21-9-3-2-4-10-21)26-13-6-5-12-25(26)27(31)29-19-22-11-7-8-18-28-22/h2-18H,19-20H2,1H3,(H,29,31). The fraction of sp³-hybridized carbons (Fsp3) is 0.111. The monoisotopic (exact) mass is 487 g/mol. The minimum absolute atomic E-state index is 0.0553.